The number of likely N-dealkylation sites (N-methyl/N-ethyl adjacent to an activating group) is 1. The van der Waals surface area contributed by atoms with Crippen LogP contribution in [0.2, 0.25) is 0 Å². The molecular formula is C25H27NO2. The lowest BCUT2D eigenvalue weighted by Gasteiger charge is -2.31. The van der Waals surface area contributed by atoms with E-state index in [0.29, 0.717) is 0 Å². The first-order chi connectivity index (χ1) is 13.6. The molecule has 0 aliphatic rings. The maximum absolute atomic E-state index is 13.4. The molecule has 0 radical (unpaired) electrons. The molecule has 0 aliphatic carbocycles. The van der Waals surface area contributed by atoms with Crippen molar-refractivity contribution in [2.24, 2.45) is 0 Å². The molecule has 3 aromatic carbocycles. The van der Waals surface area contributed by atoms with Gasteiger partial charge < -0.3 is 9.64 Å². The molecule has 0 unspecified atom stereocenters. The molecule has 0 N–H and O–H groups in total. The van der Waals surface area contributed by atoms with Crippen LogP contribution in [0.1, 0.15) is 35.6 Å². The minimum atomic E-state index is -0.456. The summed E-state index contributed by atoms with van der Waals surface area (Å²) in [7, 11) is 4.00. The molecule has 3 rings (SSSR count). The lowest BCUT2D eigenvalue weighted by Crippen LogP contribution is -2.35. The highest BCUT2D eigenvalue weighted by molar-refractivity contribution is 5.82. The fourth-order valence-electron chi connectivity index (χ4n) is 3.31. The van der Waals surface area contributed by atoms with Gasteiger partial charge in [-0.2, -0.15) is 0 Å². The fourth-order valence-corrected chi connectivity index (χ4v) is 3.31. The highest BCUT2D eigenvalue weighted by Crippen LogP contribution is 2.31. The van der Waals surface area contributed by atoms with Crippen molar-refractivity contribution >= 4 is 5.97 Å². The molecule has 0 spiro atoms. The van der Waals surface area contributed by atoms with Gasteiger partial charge in [0.05, 0.1) is 0 Å². The van der Waals surface area contributed by atoms with E-state index in [1.54, 1.807) is 0 Å². The van der Waals surface area contributed by atoms with Crippen LogP contribution in [-0.2, 0) is 9.53 Å². The Bertz CT molecular complexity index is 823. The van der Waals surface area contributed by atoms with Gasteiger partial charge in [0.15, 0.2) is 0 Å². The predicted octanol–water partition coefficient (Wildman–Crippen LogP) is 5.05. The molecule has 0 saturated carbocycles. The van der Waals surface area contributed by atoms with Gasteiger partial charge in [-0.05, 0) is 37.7 Å². The summed E-state index contributed by atoms with van der Waals surface area (Å²) in [6.45, 7) is 2.07. The Hall–Kier alpha value is -2.91. The number of carbonyl (C=O) groups is 1. The fraction of sp³-hybridized carbons (Fsp3) is 0.240. The monoisotopic (exact) mass is 373 g/mol. The van der Waals surface area contributed by atoms with Crippen LogP contribution >= 0.6 is 0 Å². The number of hydrogen-bond acceptors (Lipinski definition) is 3. The molecule has 0 aromatic heterocycles. The van der Waals surface area contributed by atoms with E-state index < -0.39 is 5.92 Å². The second-order valence-corrected chi connectivity index (χ2v) is 7.23. The molecule has 3 aromatic rings. The van der Waals surface area contributed by atoms with Crippen LogP contribution < -0.4 is 0 Å². The molecule has 0 fully saturated rings. The van der Waals surface area contributed by atoms with Gasteiger partial charge in [-0.15, -0.1) is 0 Å². The van der Waals surface area contributed by atoms with Crippen molar-refractivity contribution in [3.63, 3.8) is 0 Å². The van der Waals surface area contributed by atoms with Gasteiger partial charge in [0.1, 0.15) is 12.0 Å². The maximum Gasteiger partial charge on any atom is 0.318 e. The summed E-state index contributed by atoms with van der Waals surface area (Å²) >= 11 is 0. The minimum absolute atomic E-state index is 0.0403. The normalized spacial score (nSPS) is 13.3. The number of hydrogen-bond donors (Lipinski definition) is 0. The number of benzene rings is 3. The van der Waals surface area contributed by atoms with Crippen molar-refractivity contribution in [2.75, 3.05) is 14.1 Å². The van der Waals surface area contributed by atoms with Crippen LogP contribution in [-0.4, -0.2) is 31.0 Å². The number of ether oxygens (including phenoxy) is 1. The molecule has 144 valence electrons. The Morgan fingerprint density at radius 1 is 0.714 bits per heavy atom. The molecule has 0 bridgehead atoms. The quantitative estimate of drug-likeness (QED) is 0.543. The van der Waals surface area contributed by atoms with Gasteiger partial charge >= 0.3 is 5.97 Å². The zero-order chi connectivity index (χ0) is 19.9. The van der Waals surface area contributed by atoms with Crippen LogP contribution in [0.25, 0.3) is 0 Å². The topological polar surface area (TPSA) is 29.5 Å². The summed E-state index contributed by atoms with van der Waals surface area (Å²) < 4.78 is 6.15. The zero-order valence-electron chi connectivity index (χ0n) is 16.7. The molecular weight excluding hydrogens is 346 g/mol. The van der Waals surface area contributed by atoms with Crippen LogP contribution in [0.15, 0.2) is 91.0 Å². The SMILES string of the molecule is C[C@H]([C@@H](OC(=O)C(c1ccccc1)c1ccccc1)c1ccccc1)N(C)C. The lowest BCUT2D eigenvalue weighted by atomic mass is 9.91. The van der Waals surface area contributed by atoms with Gasteiger partial charge in [0, 0.05) is 6.04 Å². The third kappa shape index (κ3) is 4.68. The zero-order valence-corrected chi connectivity index (χ0v) is 16.7. The molecule has 3 heteroatoms. The number of nitrogens with zero attached hydrogens (tertiary/aromatic N) is 1. The van der Waals surface area contributed by atoms with Crippen LogP contribution in [0.3, 0.4) is 0 Å². The van der Waals surface area contributed by atoms with Crippen molar-refractivity contribution in [3.8, 4) is 0 Å². The van der Waals surface area contributed by atoms with Crippen molar-refractivity contribution in [1.29, 1.82) is 0 Å². The van der Waals surface area contributed by atoms with Crippen molar-refractivity contribution < 1.29 is 9.53 Å². The minimum Gasteiger partial charge on any atom is -0.455 e. The number of rotatable bonds is 7. The summed E-state index contributed by atoms with van der Waals surface area (Å²) in [6, 6.07) is 29.6. The molecule has 3 nitrogen and oxygen atoms in total. The first kappa shape index (κ1) is 19.8. The van der Waals surface area contributed by atoms with E-state index in [2.05, 4.69) is 11.8 Å². The summed E-state index contributed by atoms with van der Waals surface area (Å²) in [5, 5.41) is 0. The summed E-state index contributed by atoms with van der Waals surface area (Å²) in [4.78, 5) is 15.5. The van der Waals surface area contributed by atoms with Gasteiger partial charge in [0.2, 0.25) is 0 Å². The van der Waals surface area contributed by atoms with E-state index in [4.69, 9.17) is 4.74 Å². The number of esters is 1. The van der Waals surface area contributed by atoms with Crippen molar-refractivity contribution in [2.45, 2.75) is 25.0 Å². The van der Waals surface area contributed by atoms with Crippen LogP contribution in [0, 0.1) is 0 Å². The standard InChI is InChI=1S/C25H27NO2/c1-19(26(2)3)24(22-17-11-6-12-18-22)28-25(27)23(20-13-7-4-8-14-20)21-15-9-5-10-16-21/h4-19,23-24H,1-3H3/t19-,24-/m1/s1. The second kappa shape index (κ2) is 9.34. The maximum atomic E-state index is 13.4. The molecule has 0 aliphatic heterocycles. The average molecular weight is 373 g/mol. The highest BCUT2D eigenvalue weighted by atomic mass is 16.5. The first-order valence-electron chi connectivity index (χ1n) is 9.59. The van der Waals surface area contributed by atoms with Crippen molar-refractivity contribution in [3.05, 3.63) is 108 Å². The summed E-state index contributed by atoms with van der Waals surface area (Å²) in [5.41, 5.74) is 2.86. The van der Waals surface area contributed by atoms with Crippen LogP contribution in [0.4, 0.5) is 0 Å². The Kier molecular flexibility index (Phi) is 6.62. The van der Waals surface area contributed by atoms with Gasteiger partial charge in [-0.3, -0.25) is 4.79 Å². The average Bonchev–Trinajstić information content (AvgIpc) is 2.74. The molecule has 28 heavy (non-hydrogen) atoms. The second-order valence-electron chi connectivity index (χ2n) is 7.23. The Morgan fingerprint density at radius 2 is 1.11 bits per heavy atom. The number of carbonyl (C=O) groups excluding carboxylic acids is 1. The molecule has 0 heterocycles. The Balaban J connectivity index is 1.95. The Labute approximate surface area is 167 Å². The summed E-state index contributed by atoms with van der Waals surface area (Å²) in [5.74, 6) is -0.692. The summed E-state index contributed by atoms with van der Waals surface area (Å²) in [6.07, 6.45) is -0.348. The van der Waals surface area contributed by atoms with Crippen molar-refractivity contribution in [1.82, 2.24) is 4.90 Å². The smallest absolute Gasteiger partial charge is 0.318 e. The molecule has 2 atom stereocenters. The third-order valence-corrected chi connectivity index (χ3v) is 5.13. The molecule has 0 amide bonds. The van der Waals surface area contributed by atoms with E-state index in [1.165, 1.54) is 0 Å². The largest absolute Gasteiger partial charge is 0.455 e. The van der Waals surface area contributed by atoms with Crippen LogP contribution in [0.5, 0.6) is 0 Å². The first-order valence-corrected chi connectivity index (χ1v) is 9.59. The van der Waals surface area contributed by atoms with E-state index in [0.717, 1.165) is 16.7 Å². The highest BCUT2D eigenvalue weighted by Gasteiger charge is 2.30. The van der Waals surface area contributed by atoms with Gasteiger partial charge in [0.25, 0.3) is 0 Å². The third-order valence-electron chi connectivity index (χ3n) is 5.13. The molecule has 0 saturated heterocycles. The Morgan fingerprint density at radius 3 is 1.50 bits per heavy atom. The van der Waals surface area contributed by atoms with E-state index in [-0.39, 0.29) is 18.1 Å². The predicted molar refractivity (Wildman–Crippen MR) is 113 cm³/mol. The van der Waals surface area contributed by atoms with E-state index >= 15 is 0 Å². The lowest BCUT2D eigenvalue weighted by molar-refractivity contribution is -0.153. The van der Waals surface area contributed by atoms with E-state index in [9.17, 15) is 4.79 Å². The van der Waals surface area contributed by atoms with Gasteiger partial charge in [-0.1, -0.05) is 91.0 Å². The van der Waals surface area contributed by atoms with Gasteiger partial charge in [-0.25, -0.2) is 0 Å². The van der Waals surface area contributed by atoms with E-state index in [1.807, 2.05) is 105 Å².